The first-order valence-electron chi connectivity index (χ1n) is 4.78. The van der Waals surface area contributed by atoms with Gasteiger partial charge in [0.25, 0.3) is 0 Å². The molecule has 12 heavy (non-hydrogen) atoms. The van der Waals surface area contributed by atoms with Crippen LogP contribution in [-0.4, -0.2) is 5.78 Å². The number of rotatable bonds is 2. The molecule has 1 rings (SSSR count). The topological polar surface area (TPSA) is 17.1 Å². The summed E-state index contributed by atoms with van der Waals surface area (Å²) in [7, 11) is 0. The maximum atomic E-state index is 11.1. The third-order valence-electron chi connectivity index (χ3n) is 2.84. The van der Waals surface area contributed by atoms with Crippen molar-refractivity contribution >= 4 is 5.78 Å². The fourth-order valence-corrected chi connectivity index (χ4v) is 1.84. The molecule has 0 saturated carbocycles. The van der Waals surface area contributed by atoms with Gasteiger partial charge < -0.3 is 0 Å². The van der Waals surface area contributed by atoms with E-state index in [4.69, 9.17) is 0 Å². The van der Waals surface area contributed by atoms with Crippen molar-refractivity contribution in [3.8, 4) is 0 Å². The Morgan fingerprint density at radius 3 is 2.83 bits per heavy atom. The Labute approximate surface area is 74.9 Å². The van der Waals surface area contributed by atoms with E-state index in [2.05, 4.69) is 26.8 Å². The van der Waals surface area contributed by atoms with Gasteiger partial charge in [-0.25, -0.2) is 0 Å². The van der Waals surface area contributed by atoms with Crippen molar-refractivity contribution in [2.75, 3.05) is 0 Å². The molecule has 0 saturated heterocycles. The van der Waals surface area contributed by atoms with Gasteiger partial charge in [-0.05, 0) is 23.8 Å². The molecule has 1 unspecified atom stereocenters. The smallest absolute Gasteiger partial charge is 0.155 e. The first-order valence-corrected chi connectivity index (χ1v) is 4.78. The normalized spacial score (nSPS) is 27.6. The van der Waals surface area contributed by atoms with Gasteiger partial charge >= 0.3 is 0 Å². The van der Waals surface area contributed by atoms with Crippen LogP contribution in [0.4, 0.5) is 0 Å². The van der Waals surface area contributed by atoms with Crippen LogP contribution in [0.15, 0.2) is 12.2 Å². The Kier molecular flexibility index (Phi) is 2.71. The highest BCUT2D eigenvalue weighted by molar-refractivity contribution is 5.90. The second-order valence-electron chi connectivity index (χ2n) is 4.31. The van der Waals surface area contributed by atoms with Gasteiger partial charge in [0, 0.05) is 6.42 Å². The predicted octanol–water partition coefficient (Wildman–Crippen LogP) is 2.96. The summed E-state index contributed by atoms with van der Waals surface area (Å²) in [6.45, 7) is 6.62. The standard InChI is InChI=1S/C11H18O/c1-4-5-9-8-10(12)6-7-11(9,2)3/h6-7,9H,4-5,8H2,1-3H3. The van der Waals surface area contributed by atoms with Crippen molar-refractivity contribution in [1.82, 2.24) is 0 Å². The van der Waals surface area contributed by atoms with Gasteiger partial charge in [-0.2, -0.15) is 0 Å². The van der Waals surface area contributed by atoms with Crippen molar-refractivity contribution in [3.05, 3.63) is 12.2 Å². The molecule has 0 radical (unpaired) electrons. The summed E-state index contributed by atoms with van der Waals surface area (Å²) in [6, 6.07) is 0. The Balaban J connectivity index is 2.72. The van der Waals surface area contributed by atoms with Crippen molar-refractivity contribution in [2.24, 2.45) is 11.3 Å². The summed E-state index contributed by atoms with van der Waals surface area (Å²) in [4.78, 5) is 11.1. The highest BCUT2D eigenvalue weighted by atomic mass is 16.1. The third kappa shape index (κ3) is 1.96. The van der Waals surface area contributed by atoms with Crippen LogP contribution in [0.1, 0.15) is 40.0 Å². The van der Waals surface area contributed by atoms with Crippen LogP contribution in [0.25, 0.3) is 0 Å². The third-order valence-corrected chi connectivity index (χ3v) is 2.84. The van der Waals surface area contributed by atoms with E-state index in [1.165, 1.54) is 12.8 Å². The minimum absolute atomic E-state index is 0.226. The average Bonchev–Trinajstić information content (AvgIpc) is 1.98. The van der Waals surface area contributed by atoms with Gasteiger partial charge in [0.05, 0.1) is 0 Å². The zero-order valence-corrected chi connectivity index (χ0v) is 8.26. The zero-order valence-electron chi connectivity index (χ0n) is 8.26. The lowest BCUT2D eigenvalue weighted by Gasteiger charge is -2.33. The molecular formula is C11H18O. The molecule has 68 valence electrons. The van der Waals surface area contributed by atoms with E-state index >= 15 is 0 Å². The van der Waals surface area contributed by atoms with Crippen molar-refractivity contribution in [1.29, 1.82) is 0 Å². The van der Waals surface area contributed by atoms with Crippen LogP contribution >= 0.6 is 0 Å². The SMILES string of the molecule is CCCC1CC(=O)C=CC1(C)C. The molecule has 1 aliphatic rings. The molecule has 1 atom stereocenters. The van der Waals surface area contributed by atoms with Gasteiger partial charge in [0.15, 0.2) is 5.78 Å². The monoisotopic (exact) mass is 166 g/mol. The summed E-state index contributed by atoms with van der Waals surface area (Å²) in [5.74, 6) is 0.854. The molecule has 0 aromatic carbocycles. The van der Waals surface area contributed by atoms with Gasteiger partial charge in [0.2, 0.25) is 0 Å². The summed E-state index contributed by atoms with van der Waals surface area (Å²) in [5, 5.41) is 0. The molecule has 0 N–H and O–H groups in total. The van der Waals surface area contributed by atoms with Crippen LogP contribution < -0.4 is 0 Å². The van der Waals surface area contributed by atoms with E-state index in [0.29, 0.717) is 11.7 Å². The maximum absolute atomic E-state index is 11.1. The molecule has 0 aromatic rings. The Morgan fingerprint density at radius 2 is 2.25 bits per heavy atom. The molecule has 1 aliphatic carbocycles. The van der Waals surface area contributed by atoms with Crippen molar-refractivity contribution in [3.63, 3.8) is 0 Å². The van der Waals surface area contributed by atoms with Gasteiger partial charge in [-0.3, -0.25) is 4.79 Å². The number of allylic oxidation sites excluding steroid dienone is 2. The summed E-state index contributed by atoms with van der Waals surface area (Å²) in [5.41, 5.74) is 0.226. The molecule has 1 heteroatoms. The zero-order chi connectivity index (χ0) is 9.19. The lowest BCUT2D eigenvalue weighted by molar-refractivity contribution is -0.116. The van der Waals surface area contributed by atoms with E-state index in [1.807, 2.05) is 0 Å². The molecule has 1 nitrogen and oxygen atoms in total. The minimum atomic E-state index is 0.226. The van der Waals surface area contributed by atoms with Crippen LogP contribution in [0.2, 0.25) is 0 Å². The summed E-state index contributed by atoms with van der Waals surface area (Å²) >= 11 is 0. The number of hydrogen-bond donors (Lipinski definition) is 0. The molecular weight excluding hydrogens is 148 g/mol. The Hall–Kier alpha value is -0.590. The minimum Gasteiger partial charge on any atom is -0.295 e. The quantitative estimate of drug-likeness (QED) is 0.616. The van der Waals surface area contributed by atoms with Gasteiger partial charge in [0.1, 0.15) is 0 Å². The van der Waals surface area contributed by atoms with E-state index in [-0.39, 0.29) is 5.41 Å². The predicted molar refractivity (Wildman–Crippen MR) is 50.9 cm³/mol. The molecule has 0 fully saturated rings. The van der Waals surface area contributed by atoms with Crippen LogP contribution in [0, 0.1) is 11.3 Å². The molecule has 0 spiro atoms. The van der Waals surface area contributed by atoms with Crippen LogP contribution in [0.3, 0.4) is 0 Å². The molecule has 0 heterocycles. The maximum Gasteiger partial charge on any atom is 0.155 e. The highest BCUT2D eigenvalue weighted by Gasteiger charge is 2.30. The van der Waals surface area contributed by atoms with Crippen molar-refractivity contribution in [2.45, 2.75) is 40.0 Å². The number of ketones is 1. The second-order valence-corrected chi connectivity index (χ2v) is 4.31. The lowest BCUT2D eigenvalue weighted by atomic mass is 9.71. The average molecular weight is 166 g/mol. The summed E-state index contributed by atoms with van der Waals surface area (Å²) in [6.07, 6.45) is 6.90. The Bertz CT molecular complexity index is 201. The first kappa shape index (κ1) is 9.50. The molecule has 0 aromatic heterocycles. The van der Waals surface area contributed by atoms with E-state index < -0.39 is 0 Å². The van der Waals surface area contributed by atoms with Crippen molar-refractivity contribution < 1.29 is 4.79 Å². The fourth-order valence-electron chi connectivity index (χ4n) is 1.84. The van der Waals surface area contributed by atoms with E-state index in [1.54, 1.807) is 6.08 Å². The number of carbonyl (C=O) groups excluding carboxylic acids is 1. The van der Waals surface area contributed by atoms with E-state index in [9.17, 15) is 4.79 Å². The lowest BCUT2D eigenvalue weighted by Crippen LogP contribution is -2.27. The van der Waals surface area contributed by atoms with Crippen LogP contribution in [0.5, 0.6) is 0 Å². The first-order chi connectivity index (χ1) is 5.56. The molecule has 0 amide bonds. The molecule has 0 aliphatic heterocycles. The largest absolute Gasteiger partial charge is 0.295 e. The number of carbonyl (C=O) groups is 1. The Morgan fingerprint density at radius 1 is 1.58 bits per heavy atom. The van der Waals surface area contributed by atoms with E-state index in [0.717, 1.165) is 6.42 Å². The highest BCUT2D eigenvalue weighted by Crippen LogP contribution is 2.37. The number of hydrogen-bond acceptors (Lipinski definition) is 1. The second kappa shape index (κ2) is 3.42. The van der Waals surface area contributed by atoms with Crippen LogP contribution in [-0.2, 0) is 4.79 Å². The van der Waals surface area contributed by atoms with Gasteiger partial charge in [-0.1, -0.05) is 33.3 Å². The summed E-state index contributed by atoms with van der Waals surface area (Å²) < 4.78 is 0. The fraction of sp³-hybridized carbons (Fsp3) is 0.727. The molecule has 0 bridgehead atoms. The van der Waals surface area contributed by atoms with Gasteiger partial charge in [-0.15, -0.1) is 0 Å².